The van der Waals surface area contributed by atoms with E-state index in [0.29, 0.717) is 30.8 Å². The molecule has 0 aliphatic carbocycles. The summed E-state index contributed by atoms with van der Waals surface area (Å²) in [6, 6.07) is 6.42. The number of benzene rings is 1. The summed E-state index contributed by atoms with van der Waals surface area (Å²) in [5, 5.41) is 0. The van der Waals surface area contributed by atoms with E-state index in [1.165, 1.54) is 0 Å². The summed E-state index contributed by atoms with van der Waals surface area (Å²) in [4.78, 5) is 28.9. The molecule has 1 aromatic carbocycles. The average molecular weight is 379 g/mol. The molecule has 1 spiro atoms. The maximum Gasteiger partial charge on any atom is 0.253 e. The minimum absolute atomic E-state index is 0.00792. The molecule has 8 heteroatoms. The molecule has 0 radical (unpaired) electrons. The minimum atomic E-state index is -3.34. The number of nitrogens with zero attached hydrogens (tertiary/aromatic N) is 2. The van der Waals surface area contributed by atoms with Crippen molar-refractivity contribution in [3.8, 4) is 0 Å². The molecule has 2 amide bonds. The quantitative estimate of drug-likeness (QED) is 0.860. The third kappa shape index (κ3) is 3.56. The van der Waals surface area contributed by atoms with Crippen LogP contribution in [0, 0.1) is 5.41 Å². The molecule has 2 aliphatic heterocycles. The summed E-state index contributed by atoms with van der Waals surface area (Å²) in [6.07, 6.45) is 2.50. The van der Waals surface area contributed by atoms with E-state index in [2.05, 4.69) is 4.72 Å². The highest BCUT2D eigenvalue weighted by atomic mass is 32.2. The topological polar surface area (TPSA) is 86.8 Å². The number of hydrogen-bond acceptors (Lipinski definition) is 4. The van der Waals surface area contributed by atoms with Crippen LogP contribution in [0.1, 0.15) is 36.5 Å². The minimum Gasteiger partial charge on any atom is -0.345 e. The molecule has 1 atom stereocenters. The van der Waals surface area contributed by atoms with Crippen molar-refractivity contribution in [1.29, 1.82) is 0 Å². The number of carbonyl (C=O) groups excluding carboxylic acids is 2. The monoisotopic (exact) mass is 379 g/mol. The van der Waals surface area contributed by atoms with Crippen molar-refractivity contribution in [2.75, 3.05) is 37.2 Å². The Morgan fingerprint density at radius 2 is 1.88 bits per heavy atom. The number of nitrogens with one attached hydrogen (secondary N) is 1. The Kier molecular flexibility index (Phi) is 4.96. The Hall–Kier alpha value is -2.09. The lowest BCUT2D eigenvalue weighted by Crippen LogP contribution is -2.48. The van der Waals surface area contributed by atoms with Crippen LogP contribution >= 0.6 is 0 Å². The first kappa shape index (κ1) is 18.7. The Morgan fingerprint density at radius 3 is 2.54 bits per heavy atom. The van der Waals surface area contributed by atoms with Crippen LogP contribution < -0.4 is 4.72 Å². The highest BCUT2D eigenvalue weighted by Crippen LogP contribution is 2.40. The molecule has 142 valence electrons. The van der Waals surface area contributed by atoms with Crippen molar-refractivity contribution in [1.82, 2.24) is 9.80 Å². The van der Waals surface area contributed by atoms with E-state index >= 15 is 0 Å². The molecular formula is C18H25N3O4S. The second-order valence-electron chi connectivity index (χ2n) is 7.17. The van der Waals surface area contributed by atoms with E-state index in [1.807, 2.05) is 7.05 Å². The number of piperidine rings is 1. The second kappa shape index (κ2) is 6.90. The Balaban J connectivity index is 1.69. The molecule has 2 saturated heterocycles. The molecule has 26 heavy (non-hydrogen) atoms. The van der Waals surface area contributed by atoms with Crippen LogP contribution in [0.15, 0.2) is 24.3 Å². The number of hydrogen-bond donors (Lipinski definition) is 1. The second-order valence-corrected chi connectivity index (χ2v) is 9.18. The predicted octanol–water partition coefficient (Wildman–Crippen LogP) is 1.53. The van der Waals surface area contributed by atoms with Gasteiger partial charge in [0.15, 0.2) is 0 Å². The van der Waals surface area contributed by atoms with E-state index < -0.39 is 15.4 Å². The summed E-state index contributed by atoms with van der Waals surface area (Å²) in [5.74, 6) is 0.0163. The molecular weight excluding hydrogens is 354 g/mol. The standard InChI is InChI=1S/C18H25N3O4S/c1-3-26(24,25)19-15-7-5-14(6-8-15)16(22)21-12-10-18(13-21)9-4-11-20(2)17(18)23/h5-8,19H,3-4,9-13H2,1-2H3/t18-/m0/s1. The number of amides is 2. The number of carbonyl (C=O) groups is 2. The molecule has 7 nitrogen and oxygen atoms in total. The van der Waals surface area contributed by atoms with E-state index in [0.717, 1.165) is 19.4 Å². The van der Waals surface area contributed by atoms with Gasteiger partial charge in [-0.3, -0.25) is 14.3 Å². The Bertz CT molecular complexity index is 806. The van der Waals surface area contributed by atoms with Crippen LogP contribution in [-0.2, 0) is 14.8 Å². The van der Waals surface area contributed by atoms with Gasteiger partial charge in [0.1, 0.15) is 0 Å². The maximum absolute atomic E-state index is 12.8. The van der Waals surface area contributed by atoms with Crippen molar-refractivity contribution in [2.45, 2.75) is 26.2 Å². The first-order valence-corrected chi connectivity index (χ1v) is 10.6. The van der Waals surface area contributed by atoms with Crippen LogP contribution in [0.3, 0.4) is 0 Å². The summed E-state index contributed by atoms with van der Waals surface area (Å²) in [7, 11) is -1.52. The number of anilines is 1. The lowest BCUT2D eigenvalue weighted by atomic mass is 9.78. The van der Waals surface area contributed by atoms with Crippen LogP contribution in [-0.4, -0.2) is 62.5 Å². The van der Waals surface area contributed by atoms with Crippen molar-refractivity contribution in [3.63, 3.8) is 0 Å². The van der Waals surface area contributed by atoms with E-state index in [-0.39, 0.29) is 17.6 Å². The van der Waals surface area contributed by atoms with Crippen LogP contribution in [0.2, 0.25) is 0 Å². The van der Waals surface area contributed by atoms with Crippen LogP contribution in [0.5, 0.6) is 0 Å². The molecule has 2 fully saturated rings. The molecule has 0 bridgehead atoms. The molecule has 1 N–H and O–H groups in total. The fourth-order valence-electron chi connectivity index (χ4n) is 3.81. The zero-order valence-electron chi connectivity index (χ0n) is 15.2. The average Bonchev–Trinajstić information content (AvgIpc) is 3.04. The highest BCUT2D eigenvalue weighted by molar-refractivity contribution is 7.92. The molecule has 0 saturated carbocycles. The van der Waals surface area contributed by atoms with Gasteiger partial charge in [-0.2, -0.15) is 0 Å². The van der Waals surface area contributed by atoms with Gasteiger partial charge < -0.3 is 9.80 Å². The first-order chi connectivity index (χ1) is 12.3. The molecule has 2 heterocycles. The molecule has 0 unspecified atom stereocenters. The van der Waals surface area contributed by atoms with Gasteiger partial charge in [-0.05, 0) is 50.5 Å². The molecule has 1 aromatic rings. The summed E-state index contributed by atoms with van der Waals surface area (Å²) in [6.45, 7) is 3.37. The SMILES string of the molecule is CCS(=O)(=O)Nc1ccc(C(=O)N2CC[C@@]3(CCCN(C)C3=O)C2)cc1. The van der Waals surface area contributed by atoms with Gasteiger partial charge in [0, 0.05) is 37.9 Å². The van der Waals surface area contributed by atoms with Crippen LogP contribution in [0.4, 0.5) is 5.69 Å². The fraction of sp³-hybridized carbons (Fsp3) is 0.556. The lowest BCUT2D eigenvalue weighted by molar-refractivity contribution is -0.143. The maximum atomic E-state index is 12.8. The summed E-state index contributed by atoms with van der Waals surface area (Å²) in [5.41, 5.74) is 0.503. The predicted molar refractivity (Wildman–Crippen MR) is 99.4 cm³/mol. The van der Waals surface area contributed by atoms with Gasteiger partial charge >= 0.3 is 0 Å². The molecule has 3 rings (SSSR count). The molecule has 2 aliphatic rings. The van der Waals surface area contributed by atoms with Gasteiger partial charge in [0.25, 0.3) is 5.91 Å². The Labute approximate surface area is 154 Å². The highest BCUT2D eigenvalue weighted by Gasteiger charge is 2.48. The lowest BCUT2D eigenvalue weighted by Gasteiger charge is -2.37. The van der Waals surface area contributed by atoms with Gasteiger partial charge in [0.2, 0.25) is 15.9 Å². The summed E-state index contributed by atoms with van der Waals surface area (Å²) < 4.78 is 25.7. The molecule has 0 aromatic heterocycles. The van der Waals surface area contributed by atoms with E-state index in [4.69, 9.17) is 0 Å². The zero-order valence-corrected chi connectivity index (χ0v) is 16.0. The third-order valence-corrected chi connectivity index (χ3v) is 6.68. The van der Waals surface area contributed by atoms with Gasteiger partial charge in [-0.1, -0.05) is 0 Å². The van der Waals surface area contributed by atoms with Gasteiger partial charge in [-0.25, -0.2) is 8.42 Å². The fourth-order valence-corrected chi connectivity index (χ4v) is 4.45. The van der Waals surface area contributed by atoms with E-state index in [1.54, 1.807) is 41.0 Å². The normalized spacial score (nSPS) is 23.5. The van der Waals surface area contributed by atoms with Crippen molar-refractivity contribution < 1.29 is 18.0 Å². The smallest absolute Gasteiger partial charge is 0.253 e. The number of sulfonamides is 1. The number of likely N-dealkylation sites (tertiary alicyclic amines) is 2. The van der Waals surface area contributed by atoms with Crippen molar-refractivity contribution in [3.05, 3.63) is 29.8 Å². The summed E-state index contributed by atoms with van der Waals surface area (Å²) >= 11 is 0. The van der Waals surface area contributed by atoms with Crippen LogP contribution in [0.25, 0.3) is 0 Å². The number of rotatable bonds is 4. The third-order valence-electron chi connectivity index (χ3n) is 5.38. The van der Waals surface area contributed by atoms with Gasteiger partial charge in [0.05, 0.1) is 11.2 Å². The first-order valence-electron chi connectivity index (χ1n) is 8.92. The largest absolute Gasteiger partial charge is 0.345 e. The van der Waals surface area contributed by atoms with Crippen molar-refractivity contribution in [2.24, 2.45) is 5.41 Å². The van der Waals surface area contributed by atoms with Gasteiger partial charge in [-0.15, -0.1) is 0 Å². The van der Waals surface area contributed by atoms with Crippen molar-refractivity contribution >= 4 is 27.5 Å². The zero-order chi connectivity index (χ0) is 18.9. The van der Waals surface area contributed by atoms with E-state index in [9.17, 15) is 18.0 Å². The Morgan fingerprint density at radius 1 is 1.19 bits per heavy atom.